The normalized spacial score (nSPS) is 12.3. The molecule has 31 heavy (non-hydrogen) atoms. The van der Waals surface area contributed by atoms with Crippen LogP contribution in [-0.4, -0.2) is 53.4 Å². The Labute approximate surface area is 180 Å². The number of benzene rings is 1. The van der Waals surface area contributed by atoms with Crippen molar-refractivity contribution in [2.75, 3.05) is 27.1 Å². The van der Waals surface area contributed by atoms with Crippen molar-refractivity contribution >= 4 is 17.6 Å². The third kappa shape index (κ3) is 4.55. The van der Waals surface area contributed by atoms with Crippen LogP contribution in [0.3, 0.4) is 0 Å². The number of hydrogen-bond donors (Lipinski definition) is 2. The molecule has 0 spiro atoms. The van der Waals surface area contributed by atoms with Crippen LogP contribution in [0.4, 0.5) is 10.5 Å². The van der Waals surface area contributed by atoms with Gasteiger partial charge in [0.2, 0.25) is 5.78 Å². The first-order valence-electron chi connectivity index (χ1n) is 9.66. The van der Waals surface area contributed by atoms with Gasteiger partial charge < -0.3 is 29.8 Å². The summed E-state index contributed by atoms with van der Waals surface area (Å²) in [7, 11) is 4.40. The molecule has 1 atom stereocenters. The number of anilines is 1. The van der Waals surface area contributed by atoms with Gasteiger partial charge in [0.25, 0.3) is 0 Å². The maximum atomic E-state index is 13.4. The van der Waals surface area contributed by atoms with E-state index >= 15 is 0 Å². The van der Waals surface area contributed by atoms with Crippen LogP contribution in [0.15, 0.2) is 12.1 Å². The van der Waals surface area contributed by atoms with E-state index < -0.39 is 23.8 Å². The Morgan fingerprint density at radius 2 is 1.71 bits per heavy atom. The van der Waals surface area contributed by atoms with E-state index in [2.05, 4.69) is 10.2 Å². The lowest BCUT2D eigenvalue weighted by atomic mass is 10.0. The molecule has 0 radical (unpaired) electrons. The summed E-state index contributed by atoms with van der Waals surface area (Å²) in [5, 5.41) is 17.8. The number of carbonyl (C=O) groups excluding carboxylic acids is 1. The minimum absolute atomic E-state index is 0.0462. The minimum atomic E-state index is -1.50. The molecule has 1 unspecified atom stereocenters. The van der Waals surface area contributed by atoms with E-state index in [1.54, 1.807) is 0 Å². The highest BCUT2D eigenvalue weighted by molar-refractivity contribution is 6.12. The standard InChI is InChI=1S/C20H28N4O7/c1-7-20(8-2,30-6)24-22-16(11(3)31-19(26)27)17(23-24)18(25)12-9-14(28-4)15(29-5)10-13(12)21/h9-11H,7-8,21H2,1-6H3,(H,26,27). The monoisotopic (exact) mass is 436 g/mol. The summed E-state index contributed by atoms with van der Waals surface area (Å²) >= 11 is 0. The molecule has 1 aromatic heterocycles. The second-order valence-electron chi connectivity index (χ2n) is 6.73. The summed E-state index contributed by atoms with van der Waals surface area (Å²) in [5.41, 5.74) is 5.34. The second-order valence-corrected chi connectivity index (χ2v) is 6.73. The first-order chi connectivity index (χ1) is 14.7. The molecular formula is C20H28N4O7. The van der Waals surface area contributed by atoms with Crippen molar-refractivity contribution < 1.29 is 33.6 Å². The number of carbonyl (C=O) groups is 2. The van der Waals surface area contributed by atoms with Crippen LogP contribution < -0.4 is 15.2 Å². The van der Waals surface area contributed by atoms with Gasteiger partial charge in [-0.1, -0.05) is 13.8 Å². The Kier molecular flexibility index (Phi) is 7.45. The topological polar surface area (TPSA) is 148 Å². The van der Waals surface area contributed by atoms with Crippen molar-refractivity contribution in [3.63, 3.8) is 0 Å². The molecule has 1 heterocycles. The van der Waals surface area contributed by atoms with E-state index in [0.717, 1.165) is 0 Å². The predicted octanol–water partition coefficient (Wildman–Crippen LogP) is 2.98. The van der Waals surface area contributed by atoms with Crippen molar-refractivity contribution in [3.8, 4) is 11.5 Å². The first-order valence-corrected chi connectivity index (χ1v) is 9.66. The third-order valence-corrected chi connectivity index (χ3v) is 5.17. The largest absolute Gasteiger partial charge is 0.506 e. The molecule has 11 nitrogen and oxygen atoms in total. The van der Waals surface area contributed by atoms with Gasteiger partial charge in [-0.25, -0.2) is 4.79 Å². The molecule has 2 rings (SSSR count). The molecule has 0 saturated carbocycles. The van der Waals surface area contributed by atoms with E-state index in [4.69, 9.17) is 29.8 Å². The Balaban J connectivity index is 2.68. The van der Waals surface area contributed by atoms with Crippen LogP contribution in [-0.2, 0) is 15.2 Å². The average molecular weight is 436 g/mol. The summed E-state index contributed by atoms with van der Waals surface area (Å²) in [5.74, 6) is 0.0910. The Bertz CT molecular complexity index is 945. The fourth-order valence-corrected chi connectivity index (χ4v) is 3.26. The van der Waals surface area contributed by atoms with Gasteiger partial charge in [0, 0.05) is 18.9 Å². The van der Waals surface area contributed by atoms with Gasteiger partial charge in [0.1, 0.15) is 11.8 Å². The van der Waals surface area contributed by atoms with Gasteiger partial charge in [-0.3, -0.25) is 4.79 Å². The maximum Gasteiger partial charge on any atom is 0.506 e. The van der Waals surface area contributed by atoms with Crippen LogP contribution in [0.2, 0.25) is 0 Å². The summed E-state index contributed by atoms with van der Waals surface area (Å²) < 4.78 is 20.9. The van der Waals surface area contributed by atoms with Crippen LogP contribution in [0.1, 0.15) is 61.5 Å². The molecule has 0 aliphatic heterocycles. The molecule has 0 aliphatic carbocycles. The molecule has 0 saturated heterocycles. The third-order valence-electron chi connectivity index (χ3n) is 5.17. The molecule has 0 fully saturated rings. The van der Waals surface area contributed by atoms with Crippen molar-refractivity contribution in [1.29, 1.82) is 0 Å². The molecule has 170 valence electrons. The van der Waals surface area contributed by atoms with Crippen LogP contribution in [0.5, 0.6) is 11.5 Å². The van der Waals surface area contributed by atoms with Crippen molar-refractivity contribution in [2.45, 2.75) is 45.4 Å². The minimum Gasteiger partial charge on any atom is -0.493 e. The number of aromatic nitrogens is 3. The molecule has 1 aromatic carbocycles. The summed E-state index contributed by atoms with van der Waals surface area (Å²) in [6, 6.07) is 2.90. The second kappa shape index (κ2) is 9.65. The Hall–Kier alpha value is -3.34. The zero-order valence-electron chi connectivity index (χ0n) is 18.5. The lowest BCUT2D eigenvalue weighted by Crippen LogP contribution is -2.36. The lowest BCUT2D eigenvalue weighted by molar-refractivity contribution is -0.105. The first kappa shape index (κ1) is 23.9. The highest BCUT2D eigenvalue weighted by atomic mass is 16.7. The fraction of sp³-hybridized carbons (Fsp3) is 0.500. The number of nitrogens with zero attached hydrogens (tertiary/aromatic N) is 3. The van der Waals surface area contributed by atoms with E-state index in [0.29, 0.717) is 24.3 Å². The molecule has 0 amide bonds. The van der Waals surface area contributed by atoms with E-state index in [9.17, 15) is 9.59 Å². The molecule has 0 aliphatic rings. The van der Waals surface area contributed by atoms with Gasteiger partial charge in [-0.05, 0) is 25.8 Å². The van der Waals surface area contributed by atoms with E-state index in [-0.39, 0.29) is 22.6 Å². The number of ketones is 1. The highest BCUT2D eigenvalue weighted by Crippen LogP contribution is 2.34. The Morgan fingerprint density at radius 3 is 2.19 bits per heavy atom. The fourth-order valence-electron chi connectivity index (χ4n) is 3.26. The van der Waals surface area contributed by atoms with Crippen LogP contribution in [0, 0.1) is 0 Å². The van der Waals surface area contributed by atoms with E-state index in [1.165, 1.54) is 45.2 Å². The quantitative estimate of drug-likeness (QED) is 0.323. The molecule has 2 aromatic rings. The molecule has 3 N–H and O–H groups in total. The number of ether oxygens (including phenoxy) is 4. The predicted molar refractivity (Wildman–Crippen MR) is 111 cm³/mol. The van der Waals surface area contributed by atoms with Crippen LogP contribution in [0.25, 0.3) is 0 Å². The average Bonchev–Trinajstić information content (AvgIpc) is 3.20. The van der Waals surface area contributed by atoms with Gasteiger partial charge in [0.15, 0.2) is 22.9 Å². The summed E-state index contributed by atoms with van der Waals surface area (Å²) in [4.78, 5) is 25.8. The maximum absolute atomic E-state index is 13.4. The molecule has 11 heteroatoms. The number of carboxylic acid groups (broad SMARTS) is 1. The number of methoxy groups -OCH3 is 3. The summed E-state index contributed by atoms with van der Waals surface area (Å²) in [6.07, 6.45) is -1.55. The van der Waals surface area contributed by atoms with Gasteiger partial charge in [-0.2, -0.15) is 9.90 Å². The number of rotatable bonds is 10. The van der Waals surface area contributed by atoms with Crippen molar-refractivity contribution in [3.05, 3.63) is 29.1 Å². The summed E-state index contributed by atoms with van der Waals surface area (Å²) in [6.45, 7) is 5.24. The van der Waals surface area contributed by atoms with Crippen molar-refractivity contribution in [2.24, 2.45) is 0 Å². The van der Waals surface area contributed by atoms with Crippen molar-refractivity contribution in [1.82, 2.24) is 15.0 Å². The van der Waals surface area contributed by atoms with E-state index in [1.807, 2.05) is 13.8 Å². The van der Waals surface area contributed by atoms with Gasteiger partial charge in [0.05, 0.1) is 19.8 Å². The zero-order chi connectivity index (χ0) is 23.3. The number of hydrogen-bond acceptors (Lipinski definition) is 9. The molecule has 0 bridgehead atoms. The smallest absolute Gasteiger partial charge is 0.493 e. The SMILES string of the molecule is CCC(CC)(OC)n1nc(C(=O)c2cc(OC)c(OC)cc2N)c(C(C)OC(=O)O)n1. The highest BCUT2D eigenvalue weighted by Gasteiger charge is 2.35. The van der Waals surface area contributed by atoms with Crippen LogP contribution >= 0.6 is 0 Å². The number of nitrogen functional groups attached to an aromatic ring is 1. The number of nitrogens with two attached hydrogens (primary N) is 1. The van der Waals surface area contributed by atoms with Gasteiger partial charge in [-0.15, -0.1) is 5.10 Å². The Morgan fingerprint density at radius 1 is 1.13 bits per heavy atom. The lowest BCUT2D eigenvalue weighted by Gasteiger charge is -2.28. The molecular weight excluding hydrogens is 408 g/mol. The van der Waals surface area contributed by atoms with Gasteiger partial charge >= 0.3 is 6.16 Å². The zero-order valence-corrected chi connectivity index (χ0v) is 18.5.